The number of carboxylic acids is 1. The number of hydrogen-bond donors (Lipinski definition) is 3. The van der Waals surface area contributed by atoms with Crippen molar-refractivity contribution >= 4 is 17.9 Å². The van der Waals surface area contributed by atoms with E-state index in [1.54, 1.807) is 0 Å². The van der Waals surface area contributed by atoms with Gasteiger partial charge in [-0.05, 0) is 97.9 Å². The molecular formula is C37H60O8. The van der Waals surface area contributed by atoms with Crippen molar-refractivity contribution in [1.82, 2.24) is 0 Å². The zero-order chi connectivity index (χ0) is 33.6. The summed E-state index contributed by atoms with van der Waals surface area (Å²) in [7, 11) is 0. The number of hydrogen-bond acceptors (Lipinski definition) is 7. The summed E-state index contributed by atoms with van der Waals surface area (Å²) in [6.45, 7) is 18.1. The van der Waals surface area contributed by atoms with Gasteiger partial charge in [-0.15, -0.1) is 0 Å². The van der Waals surface area contributed by atoms with Crippen LogP contribution >= 0.6 is 0 Å². The molecule has 0 radical (unpaired) electrons. The molecule has 4 aliphatic rings. The first-order valence-corrected chi connectivity index (χ1v) is 17.7. The van der Waals surface area contributed by atoms with E-state index in [0.717, 1.165) is 32.1 Å². The summed E-state index contributed by atoms with van der Waals surface area (Å²) in [6.07, 6.45) is 3.55. The summed E-state index contributed by atoms with van der Waals surface area (Å²) in [5.41, 5.74) is -0.671. The van der Waals surface area contributed by atoms with Crippen LogP contribution in [0.2, 0.25) is 0 Å². The number of aliphatic carboxylic acids is 1. The summed E-state index contributed by atoms with van der Waals surface area (Å²) in [5.74, 6) is -2.10. The van der Waals surface area contributed by atoms with E-state index in [9.17, 15) is 29.7 Å². The Balaban J connectivity index is 1.88. The van der Waals surface area contributed by atoms with Gasteiger partial charge in [-0.2, -0.15) is 0 Å². The second-order valence-corrected chi connectivity index (χ2v) is 16.1. The maximum Gasteiger partial charge on any atom is 0.331 e. The van der Waals surface area contributed by atoms with Gasteiger partial charge < -0.3 is 24.8 Å². The van der Waals surface area contributed by atoms with Gasteiger partial charge in [0, 0.05) is 23.8 Å². The van der Waals surface area contributed by atoms with Crippen LogP contribution in [0, 0.1) is 51.8 Å². The van der Waals surface area contributed by atoms with Crippen LogP contribution < -0.4 is 0 Å². The van der Waals surface area contributed by atoms with Crippen LogP contribution in [0.3, 0.4) is 0 Å². The number of carbonyl (C=O) groups is 3. The first-order valence-electron chi connectivity index (χ1n) is 17.7. The molecule has 0 aliphatic heterocycles. The Hall–Kier alpha value is -1.93. The van der Waals surface area contributed by atoms with E-state index in [2.05, 4.69) is 34.6 Å². The highest BCUT2D eigenvalue weighted by Crippen LogP contribution is 2.74. The van der Waals surface area contributed by atoms with Crippen molar-refractivity contribution < 1.29 is 39.2 Å². The number of fused-ring (bicyclic) bond motifs is 5. The quantitative estimate of drug-likeness (QED) is 0.179. The summed E-state index contributed by atoms with van der Waals surface area (Å²) < 4.78 is 12.4. The van der Waals surface area contributed by atoms with E-state index >= 15 is 0 Å². The Bertz CT molecular complexity index is 1160. The number of ether oxygens (including phenoxy) is 2. The van der Waals surface area contributed by atoms with Gasteiger partial charge in [-0.3, -0.25) is 9.59 Å². The topological polar surface area (TPSA) is 130 Å². The molecule has 0 aromatic rings. The molecule has 8 heteroatoms. The van der Waals surface area contributed by atoms with Crippen LogP contribution in [-0.4, -0.2) is 57.6 Å². The lowest BCUT2D eigenvalue weighted by atomic mass is 9.35. The van der Waals surface area contributed by atoms with Gasteiger partial charge in [0.2, 0.25) is 0 Å². The molecule has 4 aliphatic carbocycles. The van der Waals surface area contributed by atoms with Crippen molar-refractivity contribution in [3.8, 4) is 0 Å². The molecule has 0 aromatic heterocycles. The lowest BCUT2D eigenvalue weighted by Gasteiger charge is -2.70. The standard InChI is InChI=1S/C37H60O8/c1-10-23(11-2)34(43)45-31-30-21(5)26(39)17-18-35(30,7)28-16-15-25-29(24(33(41)42)14-12-13-20(3)4)27(44-22(6)38)19-36(25,8)37(28,9)32(31)40/h20-21,23,25-28,30-32,39-40H,10-19H2,1-9H3,(H,41,42)/b29-24-. The van der Waals surface area contributed by atoms with Crippen molar-refractivity contribution in [3.05, 3.63) is 11.1 Å². The van der Waals surface area contributed by atoms with E-state index in [0.29, 0.717) is 49.2 Å². The minimum absolute atomic E-state index is 0.0378. The van der Waals surface area contributed by atoms with Crippen molar-refractivity contribution in [2.24, 2.45) is 51.8 Å². The molecule has 4 rings (SSSR count). The van der Waals surface area contributed by atoms with Gasteiger partial charge in [0.1, 0.15) is 12.2 Å². The van der Waals surface area contributed by atoms with E-state index < -0.39 is 47.2 Å². The van der Waals surface area contributed by atoms with Crippen LogP contribution in [-0.2, 0) is 23.9 Å². The lowest BCUT2D eigenvalue weighted by Crippen LogP contribution is -2.72. The van der Waals surface area contributed by atoms with Gasteiger partial charge in [-0.25, -0.2) is 4.79 Å². The minimum Gasteiger partial charge on any atom is -0.478 e. The largest absolute Gasteiger partial charge is 0.478 e. The molecule has 11 unspecified atom stereocenters. The van der Waals surface area contributed by atoms with Crippen LogP contribution in [0.15, 0.2) is 11.1 Å². The van der Waals surface area contributed by atoms with E-state index in [1.165, 1.54) is 6.92 Å². The lowest BCUT2D eigenvalue weighted by molar-refractivity contribution is -0.289. The smallest absolute Gasteiger partial charge is 0.331 e. The molecular weight excluding hydrogens is 572 g/mol. The number of carbonyl (C=O) groups excluding carboxylic acids is 2. The molecule has 0 bridgehead atoms. The Labute approximate surface area is 270 Å². The highest BCUT2D eigenvalue weighted by molar-refractivity contribution is 5.88. The fourth-order valence-corrected chi connectivity index (χ4v) is 11.0. The van der Waals surface area contributed by atoms with Gasteiger partial charge in [-0.1, -0.05) is 61.8 Å². The third kappa shape index (κ3) is 5.89. The van der Waals surface area contributed by atoms with Crippen LogP contribution in [0.4, 0.5) is 0 Å². The number of aliphatic hydroxyl groups excluding tert-OH is 2. The maximum atomic E-state index is 13.6. The van der Waals surface area contributed by atoms with Crippen LogP contribution in [0.25, 0.3) is 0 Å². The predicted molar refractivity (Wildman–Crippen MR) is 172 cm³/mol. The molecule has 0 saturated heterocycles. The fourth-order valence-electron chi connectivity index (χ4n) is 11.0. The zero-order valence-electron chi connectivity index (χ0n) is 29.2. The summed E-state index contributed by atoms with van der Waals surface area (Å²) >= 11 is 0. The summed E-state index contributed by atoms with van der Waals surface area (Å²) in [4.78, 5) is 38.9. The molecule has 4 saturated carbocycles. The van der Waals surface area contributed by atoms with Gasteiger partial charge in [0.15, 0.2) is 0 Å². The zero-order valence-corrected chi connectivity index (χ0v) is 29.2. The van der Waals surface area contributed by atoms with E-state index in [1.807, 2.05) is 20.8 Å². The van der Waals surface area contributed by atoms with E-state index in [4.69, 9.17) is 9.47 Å². The molecule has 0 aromatic carbocycles. The Morgan fingerprint density at radius 3 is 2.20 bits per heavy atom. The Morgan fingerprint density at radius 2 is 1.64 bits per heavy atom. The molecule has 3 N–H and O–H groups in total. The van der Waals surface area contributed by atoms with Gasteiger partial charge in [0.25, 0.3) is 0 Å². The average Bonchev–Trinajstić information content (AvgIpc) is 3.23. The Morgan fingerprint density at radius 1 is 1.00 bits per heavy atom. The summed E-state index contributed by atoms with van der Waals surface area (Å²) in [5, 5.41) is 34.3. The first kappa shape index (κ1) is 35.9. The molecule has 0 spiro atoms. The summed E-state index contributed by atoms with van der Waals surface area (Å²) in [6, 6.07) is 0. The fraction of sp³-hybridized carbons (Fsp3) is 0.865. The maximum absolute atomic E-state index is 13.6. The normalized spacial score (nSPS) is 42.1. The molecule has 11 atom stereocenters. The van der Waals surface area contributed by atoms with Crippen molar-refractivity contribution in [3.63, 3.8) is 0 Å². The molecule has 45 heavy (non-hydrogen) atoms. The minimum atomic E-state index is -1.04. The van der Waals surface area contributed by atoms with Gasteiger partial charge >= 0.3 is 17.9 Å². The number of esters is 2. The van der Waals surface area contributed by atoms with Gasteiger partial charge in [0.05, 0.1) is 18.1 Å². The third-order valence-corrected chi connectivity index (χ3v) is 13.5. The highest BCUT2D eigenvalue weighted by Gasteiger charge is 2.74. The van der Waals surface area contributed by atoms with Crippen molar-refractivity contribution in [1.29, 1.82) is 0 Å². The molecule has 4 fully saturated rings. The predicted octanol–water partition coefficient (Wildman–Crippen LogP) is 6.70. The monoisotopic (exact) mass is 632 g/mol. The SMILES string of the molecule is CCC(CC)C(=O)OC1C2C(C)C(O)CCC2(C)C2CCC3/C(=C(\CCCC(C)C)C(=O)O)C(OC(C)=O)CC3(C)C2(C)C1O. The Kier molecular flexibility index (Phi) is 10.6. The number of rotatable bonds is 10. The van der Waals surface area contributed by atoms with Crippen molar-refractivity contribution in [2.45, 2.75) is 151 Å². The van der Waals surface area contributed by atoms with Crippen LogP contribution in [0.1, 0.15) is 127 Å². The van der Waals surface area contributed by atoms with Crippen molar-refractivity contribution in [2.75, 3.05) is 0 Å². The number of aliphatic hydroxyl groups is 2. The molecule has 0 heterocycles. The number of carboxylic acid groups (broad SMARTS) is 1. The molecule has 8 nitrogen and oxygen atoms in total. The second kappa shape index (κ2) is 13.3. The first-order chi connectivity index (χ1) is 21.0. The van der Waals surface area contributed by atoms with Crippen LogP contribution in [0.5, 0.6) is 0 Å². The third-order valence-electron chi connectivity index (χ3n) is 13.5. The average molecular weight is 633 g/mol. The molecule has 0 amide bonds. The highest BCUT2D eigenvalue weighted by atomic mass is 16.6. The molecule has 256 valence electrons. The second-order valence-electron chi connectivity index (χ2n) is 16.1. The van der Waals surface area contributed by atoms with E-state index in [-0.39, 0.29) is 41.0 Å².